The number of nitrogens with one attached hydrogen (secondary N) is 2. The summed E-state index contributed by atoms with van der Waals surface area (Å²) in [5, 5.41) is 6.73. The summed E-state index contributed by atoms with van der Waals surface area (Å²) in [5.74, 6) is 0.517. The number of aromatic nitrogens is 1. The number of amides is 1. The Hall–Kier alpha value is -2.85. The molecule has 4 nitrogen and oxygen atoms in total. The third kappa shape index (κ3) is 4.81. The summed E-state index contributed by atoms with van der Waals surface area (Å²) >= 11 is 5.86. The summed E-state index contributed by atoms with van der Waals surface area (Å²) in [6.07, 6.45) is 1.56. The van der Waals surface area contributed by atoms with Crippen LogP contribution >= 0.6 is 11.6 Å². The van der Waals surface area contributed by atoms with Crippen LogP contribution in [0.2, 0.25) is 5.02 Å². The summed E-state index contributed by atoms with van der Waals surface area (Å²) < 4.78 is 0. The van der Waals surface area contributed by atoms with E-state index in [1.54, 1.807) is 30.5 Å². The molecule has 2 aromatic carbocycles. The zero-order valence-corrected chi connectivity index (χ0v) is 14.5. The number of halogens is 1. The smallest absolute Gasteiger partial charge is 0.253 e. The molecule has 0 fully saturated rings. The third-order valence-electron chi connectivity index (χ3n) is 3.72. The average molecular weight is 352 g/mol. The van der Waals surface area contributed by atoms with Crippen LogP contribution in [-0.4, -0.2) is 10.9 Å². The van der Waals surface area contributed by atoms with Crippen molar-refractivity contribution in [2.45, 2.75) is 13.5 Å². The van der Waals surface area contributed by atoms with Gasteiger partial charge < -0.3 is 10.6 Å². The van der Waals surface area contributed by atoms with Gasteiger partial charge in [0.25, 0.3) is 5.91 Å². The minimum absolute atomic E-state index is 0.147. The zero-order chi connectivity index (χ0) is 17.6. The van der Waals surface area contributed by atoms with E-state index in [0.717, 1.165) is 11.3 Å². The predicted molar refractivity (Wildman–Crippen MR) is 101 cm³/mol. The van der Waals surface area contributed by atoms with Crippen LogP contribution in [0.25, 0.3) is 0 Å². The molecule has 0 aliphatic heterocycles. The number of hydrogen-bond acceptors (Lipinski definition) is 3. The molecule has 0 spiro atoms. The van der Waals surface area contributed by atoms with E-state index < -0.39 is 0 Å². The van der Waals surface area contributed by atoms with Gasteiger partial charge in [0.15, 0.2) is 0 Å². The summed E-state index contributed by atoms with van der Waals surface area (Å²) in [5.41, 5.74) is 3.67. The number of carbonyl (C=O) groups excluding carboxylic acids is 1. The second kappa shape index (κ2) is 7.81. The monoisotopic (exact) mass is 351 g/mol. The van der Waals surface area contributed by atoms with Crippen LogP contribution in [0.1, 0.15) is 21.5 Å². The molecule has 0 aliphatic carbocycles. The van der Waals surface area contributed by atoms with Crippen LogP contribution in [0.15, 0.2) is 66.9 Å². The highest BCUT2D eigenvalue weighted by Gasteiger charge is 2.06. The van der Waals surface area contributed by atoms with E-state index in [9.17, 15) is 4.79 Å². The molecular weight excluding hydrogens is 334 g/mol. The van der Waals surface area contributed by atoms with Crippen molar-refractivity contribution in [2.75, 3.05) is 5.32 Å². The Labute approximate surface area is 151 Å². The van der Waals surface area contributed by atoms with E-state index >= 15 is 0 Å². The maximum atomic E-state index is 12.2. The topological polar surface area (TPSA) is 54.0 Å². The standard InChI is InChI=1S/C20H18ClN3O/c1-14-2-4-15(5-3-14)12-23-20(25)16-6-11-19(22-13-16)24-18-9-7-17(21)8-10-18/h2-11,13H,12H2,1H3,(H,22,24)(H,23,25). The maximum Gasteiger partial charge on any atom is 0.253 e. The lowest BCUT2D eigenvalue weighted by molar-refractivity contribution is 0.0950. The minimum atomic E-state index is -0.147. The van der Waals surface area contributed by atoms with E-state index in [0.29, 0.717) is 22.9 Å². The molecule has 25 heavy (non-hydrogen) atoms. The number of carbonyl (C=O) groups is 1. The van der Waals surface area contributed by atoms with Gasteiger partial charge >= 0.3 is 0 Å². The fourth-order valence-corrected chi connectivity index (χ4v) is 2.40. The van der Waals surface area contributed by atoms with Crippen molar-refractivity contribution in [3.05, 3.63) is 88.6 Å². The van der Waals surface area contributed by atoms with Gasteiger partial charge in [-0.3, -0.25) is 4.79 Å². The average Bonchev–Trinajstić information content (AvgIpc) is 2.63. The lowest BCUT2D eigenvalue weighted by Crippen LogP contribution is -2.22. The molecular formula is C20H18ClN3O. The highest BCUT2D eigenvalue weighted by Crippen LogP contribution is 2.17. The van der Waals surface area contributed by atoms with Gasteiger partial charge in [-0.15, -0.1) is 0 Å². The van der Waals surface area contributed by atoms with Gasteiger partial charge in [0, 0.05) is 23.5 Å². The lowest BCUT2D eigenvalue weighted by Gasteiger charge is -2.08. The van der Waals surface area contributed by atoms with Crippen molar-refractivity contribution in [2.24, 2.45) is 0 Å². The molecule has 3 aromatic rings. The molecule has 0 bridgehead atoms. The highest BCUT2D eigenvalue weighted by molar-refractivity contribution is 6.30. The Balaban J connectivity index is 1.58. The molecule has 2 N–H and O–H groups in total. The number of pyridine rings is 1. The maximum absolute atomic E-state index is 12.2. The van der Waals surface area contributed by atoms with Crippen molar-refractivity contribution in [3.8, 4) is 0 Å². The molecule has 3 rings (SSSR count). The molecule has 0 atom stereocenters. The molecule has 126 valence electrons. The summed E-state index contributed by atoms with van der Waals surface area (Å²) in [7, 11) is 0. The molecule has 0 aliphatic rings. The van der Waals surface area contributed by atoms with Crippen LogP contribution < -0.4 is 10.6 Å². The summed E-state index contributed by atoms with van der Waals surface area (Å²) in [6, 6.07) is 18.9. The second-order valence-electron chi connectivity index (χ2n) is 5.73. The van der Waals surface area contributed by atoms with E-state index in [1.807, 2.05) is 43.3 Å². The second-order valence-corrected chi connectivity index (χ2v) is 6.17. The number of hydrogen-bond donors (Lipinski definition) is 2. The van der Waals surface area contributed by atoms with Crippen LogP contribution in [0.4, 0.5) is 11.5 Å². The Morgan fingerprint density at radius 3 is 2.36 bits per heavy atom. The fourth-order valence-electron chi connectivity index (χ4n) is 2.27. The SMILES string of the molecule is Cc1ccc(CNC(=O)c2ccc(Nc3ccc(Cl)cc3)nc2)cc1. The van der Waals surface area contributed by atoms with Crippen molar-refractivity contribution in [3.63, 3.8) is 0 Å². The van der Waals surface area contributed by atoms with Crippen LogP contribution in [0.5, 0.6) is 0 Å². The van der Waals surface area contributed by atoms with E-state index in [4.69, 9.17) is 11.6 Å². The Bertz CT molecular complexity index is 844. The molecule has 5 heteroatoms. The number of rotatable bonds is 5. The molecule has 0 saturated heterocycles. The van der Waals surface area contributed by atoms with Crippen molar-refractivity contribution < 1.29 is 4.79 Å². The van der Waals surface area contributed by atoms with Gasteiger partial charge in [-0.25, -0.2) is 4.98 Å². The van der Waals surface area contributed by atoms with E-state index in [2.05, 4.69) is 15.6 Å². The number of benzene rings is 2. The van der Waals surface area contributed by atoms with Crippen molar-refractivity contribution in [1.29, 1.82) is 0 Å². The first-order valence-electron chi connectivity index (χ1n) is 7.92. The molecule has 1 heterocycles. The fraction of sp³-hybridized carbons (Fsp3) is 0.100. The van der Waals surface area contributed by atoms with Gasteiger partial charge in [-0.05, 0) is 48.9 Å². The number of nitrogens with zero attached hydrogens (tertiary/aromatic N) is 1. The summed E-state index contributed by atoms with van der Waals surface area (Å²) in [4.78, 5) is 16.5. The van der Waals surface area contributed by atoms with Gasteiger partial charge in [0.1, 0.15) is 5.82 Å². The first kappa shape index (κ1) is 17.0. The minimum Gasteiger partial charge on any atom is -0.348 e. The first-order valence-corrected chi connectivity index (χ1v) is 8.30. The van der Waals surface area contributed by atoms with Crippen LogP contribution in [0, 0.1) is 6.92 Å². The predicted octanol–water partition coefficient (Wildman–Crippen LogP) is 4.72. The van der Waals surface area contributed by atoms with Crippen molar-refractivity contribution in [1.82, 2.24) is 10.3 Å². The Morgan fingerprint density at radius 2 is 1.72 bits per heavy atom. The van der Waals surface area contributed by atoms with Gasteiger partial charge in [-0.2, -0.15) is 0 Å². The van der Waals surface area contributed by atoms with Crippen molar-refractivity contribution >= 4 is 29.0 Å². The Kier molecular flexibility index (Phi) is 5.31. The zero-order valence-electron chi connectivity index (χ0n) is 13.8. The molecule has 0 saturated carbocycles. The normalized spacial score (nSPS) is 10.3. The lowest BCUT2D eigenvalue weighted by atomic mass is 10.1. The van der Waals surface area contributed by atoms with Gasteiger partial charge in [0.2, 0.25) is 0 Å². The summed E-state index contributed by atoms with van der Waals surface area (Å²) in [6.45, 7) is 2.53. The van der Waals surface area contributed by atoms with Gasteiger partial charge in [-0.1, -0.05) is 41.4 Å². The number of anilines is 2. The molecule has 0 radical (unpaired) electrons. The molecule has 1 amide bonds. The molecule has 1 aromatic heterocycles. The van der Waals surface area contributed by atoms with Gasteiger partial charge in [0.05, 0.1) is 5.56 Å². The highest BCUT2D eigenvalue weighted by atomic mass is 35.5. The Morgan fingerprint density at radius 1 is 1.00 bits per heavy atom. The van der Waals surface area contributed by atoms with E-state index in [1.165, 1.54) is 5.56 Å². The molecule has 0 unspecified atom stereocenters. The number of aryl methyl sites for hydroxylation is 1. The van der Waals surface area contributed by atoms with E-state index in [-0.39, 0.29) is 5.91 Å². The largest absolute Gasteiger partial charge is 0.348 e. The first-order chi connectivity index (χ1) is 12.1. The van der Waals surface area contributed by atoms with Crippen LogP contribution in [-0.2, 0) is 6.54 Å². The van der Waals surface area contributed by atoms with Crippen LogP contribution in [0.3, 0.4) is 0 Å². The third-order valence-corrected chi connectivity index (χ3v) is 3.97. The quantitative estimate of drug-likeness (QED) is 0.699.